The van der Waals surface area contributed by atoms with Crippen LogP contribution in [0.1, 0.15) is 21.5 Å². The number of aliphatic hydroxyl groups is 1. The molecule has 6 nitrogen and oxygen atoms in total. The Morgan fingerprint density at radius 1 is 1.00 bits per heavy atom. The number of carbonyl (C=O) groups is 1. The van der Waals surface area contributed by atoms with E-state index in [0.717, 1.165) is 22.0 Å². The number of carbonyl (C=O) groups excluding carboxylic acids is 1. The van der Waals surface area contributed by atoms with Crippen LogP contribution in [-0.4, -0.2) is 57.8 Å². The van der Waals surface area contributed by atoms with Crippen LogP contribution in [-0.2, 0) is 13.0 Å². The Balaban J connectivity index is 1.39. The van der Waals surface area contributed by atoms with E-state index in [1.165, 1.54) is 6.07 Å². The fourth-order valence-electron chi connectivity index (χ4n) is 4.85. The molecular formula is C28H27F2N3O3. The number of aromatic nitrogens is 1. The molecule has 1 aromatic heterocycles. The molecule has 2 heterocycles. The normalized spacial score (nSPS) is 18.6. The zero-order valence-electron chi connectivity index (χ0n) is 19.6. The van der Waals surface area contributed by atoms with E-state index < -0.39 is 12.8 Å². The third-order valence-corrected chi connectivity index (χ3v) is 6.56. The number of alkyl halides is 2. The van der Waals surface area contributed by atoms with Crippen LogP contribution in [0.4, 0.5) is 8.78 Å². The van der Waals surface area contributed by atoms with Crippen molar-refractivity contribution in [1.29, 1.82) is 0 Å². The van der Waals surface area contributed by atoms with Gasteiger partial charge in [0.2, 0.25) is 0 Å². The lowest BCUT2D eigenvalue weighted by Gasteiger charge is -2.45. The molecule has 0 aliphatic carbocycles. The number of rotatable bonds is 7. The highest BCUT2D eigenvalue weighted by atomic mass is 19.3. The Morgan fingerprint density at radius 2 is 1.81 bits per heavy atom. The maximum absolute atomic E-state index is 13.4. The lowest BCUT2D eigenvalue weighted by atomic mass is 9.99. The van der Waals surface area contributed by atoms with Gasteiger partial charge in [-0.1, -0.05) is 42.5 Å². The van der Waals surface area contributed by atoms with Gasteiger partial charge >= 0.3 is 6.61 Å². The molecule has 0 spiro atoms. The summed E-state index contributed by atoms with van der Waals surface area (Å²) in [6.07, 6.45) is 1.52. The van der Waals surface area contributed by atoms with Gasteiger partial charge in [-0.25, -0.2) is 0 Å². The summed E-state index contributed by atoms with van der Waals surface area (Å²) in [5.41, 5.74) is 3.34. The second-order valence-electron chi connectivity index (χ2n) is 9.01. The number of piperazine rings is 1. The van der Waals surface area contributed by atoms with Gasteiger partial charge in [-0.05, 0) is 53.9 Å². The van der Waals surface area contributed by atoms with E-state index in [9.17, 15) is 18.7 Å². The predicted molar refractivity (Wildman–Crippen MR) is 133 cm³/mol. The van der Waals surface area contributed by atoms with Gasteiger partial charge in [-0.15, -0.1) is 0 Å². The highest BCUT2D eigenvalue weighted by molar-refractivity contribution is 5.98. The standard InChI is InChI=1S/C28H27F2N3O3/c29-28(30)36-24-8-4-7-20(14-24)16-33-23(13-19-5-2-1-3-6-19)17-32(18-26(33)34)27(35)22-9-10-25-21(15-22)11-12-31-25/h1-12,14-15,23,26,28,31,34H,13,16-18H2/t23-,26?/m0/s1. The molecule has 5 rings (SSSR count). The van der Waals surface area contributed by atoms with Crippen molar-refractivity contribution in [1.82, 2.24) is 14.8 Å². The summed E-state index contributed by atoms with van der Waals surface area (Å²) in [6.45, 7) is -2.01. The summed E-state index contributed by atoms with van der Waals surface area (Å²) in [5, 5.41) is 12.1. The van der Waals surface area contributed by atoms with Crippen LogP contribution in [0, 0.1) is 0 Å². The Morgan fingerprint density at radius 3 is 2.61 bits per heavy atom. The minimum atomic E-state index is -2.91. The fourth-order valence-corrected chi connectivity index (χ4v) is 4.85. The highest BCUT2D eigenvalue weighted by Gasteiger charge is 2.36. The molecule has 2 N–H and O–H groups in total. The largest absolute Gasteiger partial charge is 0.435 e. The first kappa shape index (κ1) is 24.0. The molecule has 1 saturated heterocycles. The smallest absolute Gasteiger partial charge is 0.387 e. The molecule has 1 fully saturated rings. The third-order valence-electron chi connectivity index (χ3n) is 6.56. The molecule has 8 heteroatoms. The lowest BCUT2D eigenvalue weighted by Crippen LogP contribution is -2.60. The molecule has 4 aromatic rings. The van der Waals surface area contributed by atoms with Crippen molar-refractivity contribution in [2.24, 2.45) is 0 Å². The molecule has 0 saturated carbocycles. The number of β-amino-alcohol motifs (C(OH)–C–C–N with tert-alkyl or cyclic N) is 1. The van der Waals surface area contributed by atoms with Gasteiger partial charge in [0, 0.05) is 41.8 Å². The molecule has 0 radical (unpaired) electrons. The van der Waals surface area contributed by atoms with Crippen molar-refractivity contribution in [3.8, 4) is 5.75 Å². The van der Waals surface area contributed by atoms with Gasteiger partial charge in [0.15, 0.2) is 0 Å². The second-order valence-corrected chi connectivity index (χ2v) is 9.01. The maximum atomic E-state index is 13.4. The minimum absolute atomic E-state index is 0.0746. The first-order valence-corrected chi connectivity index (χ1v) is 11.8. The van der Waals surface area contributed by atoms with Crippen molar-refractivity contribution in [2.45, 2.75) is 31.8 Å². The summed E-state index contributed by atoms with van der Waals surface area (Å²) >= 11 is 0. The number of hydrogen-bond acceptors (Lipinski definition) is 4. The van der Waals surface area contributed by atoms with E-state index in [0.29, 0.717) is 25.1 Å². The summed E-state index contributed by atoms with van der Waals surface area (Å²) in [7, 11) is 0. The second kappa shape index (κ2) is 10.5. The fraction of sp³-hybridized carbons (Fsp3) is 0.250. The van der Waals surface area contributed by atoms with Crippen LogP contribution in [0.25, 0.3) is 10.9 Å². The molecule has 1 aliphatic heterocycles. The number of fused-ring (bicyclic) bond motifs is 1. The zero-order chi connectivity index (χ0) is 25.1. The van der Waals surface area contributed by atoms with E-state index in [4.69, 9.17) is 0 Å². The van der Waals surface area contributed by atoms with E-state index in [-0.39, 0.29) is 24.2 Å². The Hall–Kier alpha value is -3.75. The van der Waals surface area contributed by atoms with Gasteiger partial charge in [0.1, 0.15) is 12.0 Å². The van der Waals surface area contributed by atoms with Crippen LogP contribution < -0.4 is 4.74 Å². The van der Waals surface area contributed by atoms with E-state index in [2.05, 4.69) is 9.72 Å². The first-order valence-electron chi connectivity index (χ1n) is 11.8. The number of nitrogens with zero attached hydrogens (tertiary/aromatic N) is 2. The first-order chi connectivity index (χ1) is 17.5. The molecule has 3 aromatic carbocycles. The summed E-state index contributed by atoms with van der Waals surface area (Å²) in [4.78, 5) is 20.2. The molecule has 1 amide bonds. The average Bonchev–Trinajstić information content (AvgIpc) is 3.34. The number of hydrogen-bond donors (Lipinski definition) is 2. The van der Waals surface area contributed by atoms with Crippen molar-refractivity contribution in [3.63, 3.8) is 0 Å². The van der Waals surface area contributed by atoms with Gasteiger partial charge in [0.25, 0.3) is 5.91 Å². The summed E-state index contributed by atoms with van der Waals surface area (Å²) in [6, 6.07) is 23.7. The lowest BCUT2D eigenvalue weighted by molar-refractivity contribution is -0.0834. The van der Waals surface area contributed by atoms with Crippen LogP contribution in [0.2, 0.25) is 0 Å². The minimum Gasteiger partial charge on any atom is -0.435 e. The van der Waals surface area contributed by atoms with Crippen molar-refractivity contribution in [3.05, 3.63) is 102 Å². The van der Waals surface area contributed by atoms with Gasteiger partial charge in [0.05, 0.1) is 6.54 Å². The van der Waals surface area contributed by atoms with E-state index >= 15 is 0 Å². The van der Waals surface area contributed by atoms with Crippen molar-refractivity contribution < 1.29 is 23.4 Å². The monoisotopic (exact) mass is 491 g/mol. The molecule has 186 valence electrons. The van der Waals surface area contributed by atoms with Gasteiger partial charge < -0.3 is 19.7 Å². The number of nitrogens with one attached hydrogen (secondary N) is 1. The molecule has 1 unspecified atom stereocenters. The Kier molecular flexibility index (Phi) is 6.97. The number of H-pyrrole nitrogens is 1. The highest BCUT2D eigenvalue weighted by Crippen LogP contribution is 2.25. The summed E-state index contributed by atoms with van der Waals surface area (Å²) < 4.78 is 29.9. The van der Waals surface area contributed by atoms with Crippen LogP contribution in [0.15, 0.2) is 85.1 Å². The van der Waals surface area contributed by atoms with Gasteiger partial charge in [-0.3, -0.25) is 9.69 Å². The zero-order valence-corrected chi connectivity index (χ0v) is 19.6. The number of benzene rings is 3. The number of amides is 1. The quantitative estimate of drug-likeness (QED) is 0.395. The molecular weight excluding hydrogens is 464 g/mol. The average molecular weight is 492 g/mol. The van der Waals surface area contributed by atoms with Gasteiger partial charge in [-0.2, -0.15) is 8.78 Å². The number of halogens is 2. The van der Waals surface area contributed by atoms with Crippen molar-refractivity contribution in [2.75, 3.05) is 13.1 Å². The SMILES string of the molecule is O=C(c1ccc2[nH]ccc2c1)N1CC(O)N(Cc2cccc(OC(F)F)c2)[C@@H](Cc2ccccc2)C1. The van der Waals surface area contributed by atoms with Crippen LogP contribution in [0.3, 0.4) is 0 Å². The van der Waals surface area contributed by atoms with Crippen LogP contribution >= 0.6 is 0 Å². The molecule has 0 bridgehead atoms. The molecule has 2 atom stereocenters. The number of aliphatic hydroxyl groups excluding tert-OH is 1. The summed E-state index contributed by atoms with van der Waals surface area (Å²) in [5.74, 6) is -0.0623. The van der Waals surface area contributed by atoms with E-state index in [1.807, 2.05) is 65.7 Å². The third kappa shape index (κ3) is 5.40. The molecule has 1 aliphatic rings. The topological polar surface area (TPSA) is 68.8 Å². The van der Waals surface area contributed by atoms with Crippen LogP contribution in [0.5, 0.6) is 5.75 Å². The van der Waals surface area contributed by atoms with Crippen molar-refractivity contribution >= 4 is 16.8 Å². The number of aromatic amines is 1. The Labute approximate surface area is 207 Å². The van der Waals surface area contributed by atoms with E-state index in [1.54, 1.807) is 23.1 Å². The maximum Gasteiger partial charge on any atom is 0.387 e. The number of ether oxygens (including phenoxy) is 1. The predicted octanol–water partition coefficient (Wildman–Crippen LogP) is 4.66. The Bertz CT molecular complexity index is 1330. The molecule has 36 heavy (non-hydrogen) atoms.